The first kappa shape index (κ1) is 21.6. The number of sulfonamides is 1. The molecule has 3 heterocycles. The average Bonchev–Trinajstić information content (AvgIpc) is 3.09. The molecule has 1 fully saturated rings. The molecule has 2 amide bonds. The number of nitrogens with one attached hydrogen (secondary N) is 1. The Morgan fingerprint density at radius 3 is 2.73 bits per heavy atom. The minimum Gasteiger partial charge on any atom is -0.355 e. The third kappa shape index (κ3) is 4.01. The van der Waals surface area contributed by atoms with Crippen LogP contribution in [0.2, 0.25) is 0 Å². The number of amidine groups is 1. The second kappa shape index (κ2) is 8.30. The van der Waals surface area contributed by atoms with Crippen molar-refractivity contribution < 1.29 is 18.0 Å². The van der Waals surface area contributed by atoms with Gasteiger partial charge in [0, 0.05) is 43.5 Å². The first-order valence-corrected chi connectivity index (χ1v) is 12.7. The molecule has 0 bridgehead atoms. The number of amides is 2. The van der Waals surface area contributed by atoms with Crippen LogP contribution in [0.1, 0.15) is 37.3 Å². The number of carbonyl (C=O) groups excluding carboxylic acids is 2. The van der Waals surface area contributed by atoms with Gasteiger partial charge >= 0.3 is 0 Å². The van der Waals surface area contributed by atoms with E-state index in [0.29, 0.717) is 36.7 Å². The number of carbonyl (C=O) groups is 2. The second-order valence-corrected chi connectivity index (χ2v) is 10.4. The molecule has 2 aromatic rings. The Balaban J connectivity index is 1.31. The summed E-state index contributed by atoms with van der Waals surface area (Å²) in [5.74, 6) is 0.0879. The maximum absolute atomic E-state index is 13.1. The van der Waals surface area contributed by atoms with Crippen LogP contribution in [0.5, 0.6) is 0 Å². The molecule has 5 rings (SSSR count). The van der Waals surface area contributed by atoms with Gasteiger partial charge in [-0.2, -0.15) is 8.42 Å². The van der Waals surface area contributed by atoms with Crippen LogP contribution in [-0.4, -0.2) is 50.6 Å². The van der Waals surface area contributed by atoms with Gasteiger partial charge in [-0.3, -0.25) is 9.59 Å². The lowest BCUT2D eigenvalue weighted by Crippen LogP contribution is -2.43. The van der Waals surface area contributed by atoms with E-state index in [0.717, 1.165) is 36.9 Å². The van der Waals surface area contributed by atoms with Gasteiger partial charge in [-0.15, -0.1) is 4.40 Å². The van der Waals surface area contributed by atoms with E-state index in [1.807, 2.05) is 23.1 Å². The summed E-state index contributed by atoms with van der Waals surface area (Å²) < 4.78 is 28.9. The van der Waals surface area contributed by atoms with Crippen LogP contribution in [0.4, 0.5) is 11.4 Å². The molecule has 1 unspecified atom stereocenters. The van der Waals surface area contributed by atoms with Gasteiger partial charge in [0.05, 0.1) is 5.92 Å². The summed E-state index contributed by atoms with van der Waals surface area (Å²) in [6, 6.07) is 12.5. The van der Waals surface area contributed by atoms with Gasteiger partial charge in [-0.05, 0) is 61.6 Å². The maximum Gasteiger partial charge on any atom is 0.285 e. The second-order valence-electron chi connectivity index (χ2n) is 8.78. The highest BCUT2D eigenvalue weighted by atomic mass is 32.2. The van der Waals surface area contributed by atoms with Crippen molar-refractivity contribution in [2.24, 2.45) is 10.3 Å². The molecule has 3 aliphatic rings. The van der Waals surface area contributed by atoms with Crippen LogP contribution in [0.25, 0.3) is 0 Å². The van der Waals surface area contributed by atoms with E-state index in [2.05, 4.69) is 9.71 Å². The molecule has 0 saturated carbocycles. The van der Waals surface area contributed by atoms with Crippen molar-refractivity contribution in [2.45, 2.75) is 37.5 Å². The number of aryl methyl sites for hydroxylation is 1. The molecule has 1 atom stereocenters. The van der Waals surface area contributed by atoms with Gasteiger partial charge in [0.15, 0.2) is 5.84 Å². The Morgan fingerprint density at radius 1 is 1.09 bits per heavy atom. The monoisotopic (exact) mass is 466 g/mol. The third-order valence-corrected chi connectivity index (χ3v) is 7.88. The highest BCUT2D eigenvalue weighted by molar-refractivity contribution is 7.90. The van der Waals surface area contributed by atoms with Crippen molar-refractivity contribution in [2.75, 3.05) is 29.9 Å². The lowest BCUT2D eigenvalue weighted by Gasteiger charge is -2.33. The fourth-order valence-corrected chi connectivity index (χ4v) is 6.17. The van der Waals surface area contributed by atoms with Gasteiger partial charge in [0.25, 0.3) is 10.0 Å². The summed E-state index contributed by atoms with van der Waals surface area (Å²) in [4.78, 5) is 28.9. The molecule has 1 saturated heterocycles. The SMILES string of the molecule is CC(=O)N1CCCc2cc(NC(=O)C3CCCN(C4=NS(=O)(=O)c5ccccc54)C3)ccc21. The van der Waals surface area contributed by atoms with Crippen molar-refractivity contribution in [3.05, 3.63) is 53.6 Å². The number of fused-ring (bicyclic) bond motifs is 2. The molecular weight excluding hydrogens is 440 g/mol. The molecule has 9 heteroatoms. The van der Waals surface area contributed by atoms with Crippen LogP contribution in [0.3, 0.4) is 0 Å². The zero-order chi connectivity index (χ0) is 23.2. The molecule has 33 heavy (non-hydrogen) atoms. The normalized spacial score (nSPS) is 21.1. The molecule has 0 spiro atoms. The van der Waals surface area contributed by atoms with E-state index in [1.165, 1.54) is 0 Å². The summed E-state index contributed by atoms with van der Waals surface area (Å²) in [7, 11) is -3.69. The Kier molecular flexibility index (Phi) is 5.44. The van der Waals surface area contributed by atoms with E-state index < -0.39 is 10.0 Å². The average molecular weight is 467 g/mol. The van der Waals surface area contributed by atoms with Crippen LogP contribution in [0.15, 0.2) is 51.8 Å². The van der Waals surface area contributed by atoms with E-state index in [-0.39, 0.29) is 22.6 Å². The Morgan fingerprint density at radius 2 is 1.91 bits per heavy atom. The van der Waals surface area contributed by atoms with Gasteiger partial charge in [-0.25, -0.2) is 0 Å². The fourth-order valence-electron chi connectivity index (χ4n) is 4.95. The van der Waals surface area contributed by atoms with Crippen molar-refractivity contribution >= 4 is 39.0 Å². The summed E-state index contributed by atoms with van der Waals surface area (Å²) in [6.07, 6.45) is 3.27. The smallest absolute Gasteiger partial charge is 0.285 e. The van der Waals surface area contributed by atoms with Crippen molar-refractivity contribution in [1.82, 2.24) is 4.90 Å². The summed E-state index contributed by atoms with van der Waals surface area (Å²) >= 11 is 0. The highest BCUT2D eigenvalue weighted by Crippen LogP contribution is 2.32. The van der Waals surface area contributed by atoms with E-state index in [1.54, 1.807) is 36.1 Å². The molecule has 2 aromatic carbocycles. The fraction of sp³-hybridized carbons (Fsp3) is 0.375. The van der Waals surface area contributed by atoms with Crippen molar-refractivity contribution in [3.63, 3.8) is 0 Å². The Bertz CT molecular complexity index is 1270. The third-order valence-electron chi connectivity index (χ3n) is 6.55. The predicted octanol–water partition coefficient (Wildman–Crippen LogP) is 2.79. The highest BCUT2D eigenvalue weighted by Gasteiger charge is 2.35. The molecule has 0 aromatic heterocycles. The number of benzene rings is 2. The van der Waals surface area contributed by atoms with Gasteiger partial charge in [-0.1, -0.05) is 12.1 Å². The van der Waals surface area contributed by atoms with Crippen molar-refractivity contribution in [3.8, 4) is 0 Å². The zero-order valence-corrected chi connectivity index (χ0v) is 19.3. The van der Waals surface area contributed by atoms with Crippen LogP contribution in [0, 0.1) is 5.92 Å². The predicted molar refractivity (Wildman–Crippen MR) is 126 cm³/mol. The standard InChI is InChI=1S/C24H26N4O4S/c1-16(29)28-13-5-6-17-14-19(10-11-21(17)28)25-24(30)18-7-4-12-27(15-18)23-20-8-2-3-9-22(20)33(31,32)26-23/h2-3,8-11,14,18H,4-7,12-13,15H2,1H3,(H,25,30). The van der Waals surface area contributed by atoms with Crippen molar-refractivity contribution in [1.29, 1.82) is 0 Å². The van der Waals surface area contributed by atoms with E-state index in [9.17, 15) is 18.0 Å². The first-order chi connectivity index (χ1) is 15.8. The lowest BCUT2D eigenvalue weighted by atomic mass is 9.96. The van der Waals surface area contributed by atoms with Gasteiger partial charge < -0.3 is 15.1 Å². The first-order valence-electron chi connectivity index (χ1n) is 11.2. The summed E-state index contributed by atoms with van der Waals surface area (Å²) in [5, 5.41) is 3.03. The largest absolute Gasteiger partial charge is 0.355 e. The number of piperidine rings is 1. The molecule has 0 aliphatic carbocycles. The van der Waals surface area contributed by atoms with Crippen LogP contribution in [-0.2, 0) is 26.0 Å². The number of hydrogen-bond donors (Lipinski definition) is 1. The maximum atomic E-state index is 13.1. The summed E-state index contributed by atoms with van der Waals surface area (Å²) in [6.45, 7) is 3.36. The van der Waals surface area contributed by atoms with Crippen LogP contribution >= 0.6 is 0 Å². The van der Waals surface area contributed by atoms with Crippen LogP contribution < -0.4 is 10.2 Å². The summed E-state index contributed by atoms with van der Waals surface area (Å²) in [5.41, 5.74) is 3.28. The quantitative estimate of drug-likeness (QED) is 0.734. The van der Waals surface area contributed by atoms with Gasteiger partial charge in [0.1, 0.15) is 4.90 Å². The molecule has 3 aliphatic heterocycles. The number of nitrogens with zero attached hydrogens (tertiary/aromatic N) is 3. The minimum absolute atomic E-state index is 0.0217. The topological polar surface area (TPSA) is 99.2 Å². The number of anilines is 2. The minimum atomic E-state index is -3.69. The number of likely N-dealkylation sites (tertiary alicyclic amines) is 1. The lowest BCUT2D eigenvalue weighted by molar-refractivity contribution is -0.121. The molecule has 0 radical (unpaired) electrons. The number of rotatable bonds is 2. The molecule has 1 N–H and O–H groups in total. The zero-order valence-electron chi connectivity index (χ0n) is 18.5. The van der Waals surface area contributed by atoms with E-state index in [4.69, 9.17) is 0 Å². The van der Waals surface area contributed by atoms with E-state index >= 15 is 0 Å². The Hall–Kier alpha value is -3.20. The molecule has 8 nitrogen and oxygen atoms in total. The number of hydrogen-bond acceptors (Lipinski definition) is 5. The van der Waals surface area contributed by atoms with Gasteiger partial charge in [0.2, 0.25) is 11.8 Å². The molecule has 172 valence electrons. The Labute approximate surface area is 193 Å². The molecular formula is C24H26N4O4S.